The molecule has 3 heterocycles. The minimum absolute atomic E-state index is 0.266. The van der Waals surface area contributed by atoms with Crippen molar-refractivity contribution in [3.8, 4) is 0 Å². The van der Waals surface area contributed by atoms with Crippen LogP contribution in [-0.4, -0.2) is 55.8 Å². The molecule has 0 bridgehead atoms. The Kier molecular flexibility index (Phi) is 4.52. The lowest BCUT2D eigenvalue weighted by Crippen LogP contribution is -2.41. The Labute approximate surface area is 138 Å². The van der Waals surface area contributed by atoms with E-state index < -0.39 is 23.8 Å². The third kappa shape index (κ3) is 2.99. The Morgan fingerprint density at radius 3 is 2.67 bits per heavy atom. The largest absolute Gasteiger partial charge is 0.463 e. The van der Waals surface area contributed by atoms with Crippen LogP contribution in [0.5, 0.6) is 0 Å². The normalized spacial score (nSPS) is 15.2. The van der Waals surface area contributed by atoms with Crippen molar-refractivity contribution >= 4 is 17.1 Å². The van der Waals surface area contributed by atoms with Gasteiger partial charge in [-0.05, 0) is 25.9 Å². The van der Waals surface area contributed by atoms with Gasteiger partial charge in [-0.1, -0.05) is 0 Å². The van der Waals surface area contributed by atoms with Crippen LogP contribution in [0, 0.1) is 0 Å². The number of imidazole rings is 1. The van der Waals surface area contributed by atoms with Crippen molar-refractivity contribution in [2.75, 3.05) is 26.2 Å². The molecule has 1 fully saturated rings. The molecule has 0 unspecified atom stereocenters. The van der Waals surface area contributed by atoms with Gasteiger partial charge >= 0.3 is 11.7 Å². The van der Waals surface area contributed by atoms with Gasteiger partial charge < -0.3 is 9.30 Å². The van der Waals surface area contributed by atoms with E-state index in [0.29, 0.717) is 12.2 Å². The first-order valence-corrected chi connectivity index (χ1v) is 7.98. The minimum Gasteiger partial charge on any atom is -0.463 e. The molecule has 1 saturated heterocycles. The average Bonchev–Trinajstić information content (AvgIpc) is 3.19. The molecular weight excluding hydrogens is 314 g/mol. The Hall–Kier alpha value is -2.42. The van der Waals surface area contributed by atoms with Crippen LogP contribution in [0.3, 0.4) is 0 Å². The van der Waals surface area contributed by atoms with E-state index >= 15 is 0 Å². The maximum Gasteiger partial charge on any atom is 0.333 e. The van der Waals surface area contributed by atoms with Crippen LogP contribution >= 0.6 is 0 Å². The van der Waals surface area contributed by atoms with Gasteiger partial charge in [0.05, 0.1) is 6.33 Å². The Morgan fingerprint density at radius 1 is 1.25 bits per heavy atom. The molecule has 0 radical (unpaired) electrons. The summed E-state index contributed by atoms with van der Waals surface area (Å²) in [6, 6.07) is 0. The monoisotopic (exact) mass is 335 g/mol. The molecule has 2 aromatic heterocycles. The molecule has 9 heteroatoms. The van der Waals surface area contributed by atoms with Crippen LogP contribution in [0.4, 0.5) is 0 Å². The summed E-state index contributed by atoms with van der Waals surface area (Å²) in [4.78, 5) is 43.0. The molecule has 3 rings (SSSR count). The lowest BCUT2D eigenvalue weighted by Gasteiger charge is -2.14. The smallest absolute Gasteiger partial charge is 0.333 e. The van der Waals surface area contributed by atoms with Gasteiger partial charge in [-0.15, -0.1) is 0 Å². The molecule has 1 aliphatic heterocycles. The molecule has 130 valence electrons. The van der Waals surface area contributed by atoms with E-state index in [2.05, 4.69) is 9.88 Å². The number of aryl methyl sites for hydroxylation is 2. The zero-order chi connectivity index (χ0) is 17.3. The molecule has 0 atom stereocenters. The molecule has 1 aliphatic rings. The van der Waals surface area contributed by atoms with Crippen molar-refractivity contribution in [2.45, 2.75) is 19.4 Å². The maximum absolute atomic E-state index is 12.5. The summed E-state index contributed by atoms with van der Waals surface area (Å²) in [6.45, 7) is 2.59. The SMILES string of the molecule is Cn1cnc2c1c(=O)n(CC(=O)OCCN1CCCC1)c(=O)n2C. The van der Waals surface area contributed by atoms with Crippen molar-refractivity contribution in [2.24, 2.45) is 14.1 Å². The number of aromatic nitrogens is 4. The van der Waals surface area contributed by atoms with Crippen LogP contribution in [0.1, 0.15) is 12.8 Å². The molecule has 0 aliphatic carbocycles. The van der Waals surface area contributed by atoms with Crippen LogP contribution in [0.25, 0.3) is 11.2 Å². The highest BCUT2D eigenvalue weighted by atomic mass is 16.5. The average molecular weight is 335 g/mol. The van der Waals surface area contributed by atoms with Crippen molar-refractivity contribution in [1.29, 1.82) is 0 Å². The highest BCUT2D eigenvalue weighted by molar-refractivity contribution is 5.72. The van der Waals surface area contributed by atoms with Gasteiger partial charge in [-0.2, -0.15) is 0 Å². The number of likely N-dealkylation sites (tertiary alicyclic amines) is 1. The van der Waals surface area contributed by atoms with Crippen molar-refractivity contribution < 1.29 is 9.53 Å². The molecule has 0 N–H and O–H groups in total. The fraction of sp³-hybridized carbons (Fsp3) is 0.600. The lowest BCUT2D eigenvalue weighted by molar-refractivity contribution is -0.144. The summed E-state index contributed by atoms with van der Waals surface area (Å²) < 4.78 is 8.85. The number of hydrogen-bond donors (Lipinski definition) is 0. The van der Waals surface area contributed by atoms with Gasteiger partial charge in [0, 0.05) is 20.6 Å². The van der Waals surface area contributed by atoms with Gasteiger partial charge in [0.15, 0.2) is 11.2 Å². The van der Waals surface area contributed by atoms with Crippen LogP contribution in [0.15, 0.2) is 15.9 Å². The second kappa shape index (κ2) is 6.60. The molecule has 9 nitrogen and oxygen atoms in total. The van der Waals surface area contributed by atoms with Crippen molar-refractivity contribution in [3.63, 3.8) is 0 Å². The van der Waals surface area contributed by atoms with E-state index in [1.54, 1.807) is 7.05 Å². The van der Waals surface area contributed by atoms with E-state index in [-0.39, 0.29) is 12.1 Å². The number of fused-ring (bicyclic) bond motifs is 1. The van der Waals surface area contributed by atoms with E-state index in [0.717, 1.165) is 17.7 Å². The van der Waals surface area contributed by atoms with Crippen molar-refractivity contribution in [3.05, 3.63) is 27.2 Å². The topological polar surface area (TPSA) is 91.4 Å². The van der Waals surface area contributed by atoms with Gasteiger partial charge in [0.1, 0.15) is 13.2 Å². The number of rotatable bonds is 5. The molecular formula is C15H21N5O4. The summed E-state index contributed by atoms with van der Waals surface area (Å²) in [7, 11) is 3.19. The molecule has 0 amide bonds. The number of esters is 1. The van der Waals surface area contributed by atoms with Gasteiger partial charge in [0.25, 0.3) is 5.56 Å². The zero-order valence-electron chi connectivity index (χ0n) is 13.9. The van der Waals surface area contributed by atoms with Crippen molar-refractivity contribution in [1.82, 2.24) is 23.6 Å². The number of hydrogen-bond acceptors (Lipinski definition) is 6. The van der Waals surface area contributed by atoms with E-state index in [1.165, 1.54) is 35.4 Å². The molecule has 0 spiro atoms. The van der Waals surface area contributed by atoms with E-state index in [9.17, 15) is 14.4 Å². The van der Waals surface area contributed by atoms with Gasteiger partial charge in [0.2, 0.25) is 0 Å². The second-order valence-electron chi connectivity index (χ2n) is 6.03. The Bertz CT molecular complexity index is 872. The third-order valence-electron chi connectivity index (χ3n) is 4.36. The highest BCUT2D eigenvalue weighted by Gasteiger charge is 2.18. The van der Waals surface area contributed by atoms with Crippen LogP contribution in [-0.2, 0) is 30.2 Å². The van der Waals surface area contributed by atoms with Crippen LogP contribution < -0.4 is 11.2 Å². The summed E-state index contributed by atoms with van der Waals surface area (Å²) in [6.07, 6.45) is 3.80. The third-order valence-corrected chi connectivity index (χ3v) is 4.36. The summed E-state index contributed by atoms with van der Waals surface area (Å²) >= 11 is 0. The number of nitrogens with zero attached hydrogens (tertiary/aromatic N) is 5. The lowest BCUT2D eigenvalue weighted by atomic mass is 10.4. The minimum atomic E-state index is -0.588. The maximum atomic E-state index is 12.5. The predicted octanol–water partition coefficient (Wildman–Crippen LogP) is -0.927. The molecule has 24 heavy (non-hydrogen) atoms. The summed E-state index contributed by atoms with van der Waals surface area (Å²) in [5.41, 5.74) is -0.541. The molecule has 0 saturated carbocycles. The highest BCUT2D eigenvalue weighted by Crippen LogP contribution is 2.06. The summed E-state index contributed by atoms with van der Waals surface area (Å²) in [5.74, 6) is -0.588. The number of ether oxygens (including phenoxy) is 1. The standard InChI is InChI=1S/C15H21N5O4/c1-17-10-16-13-12(17)14(22)20(15(23)18(13)2)9-11(21)24-8-7-19-5-3-4-6-19/h10H,3-9H2,1-2H3. The molecule has 0 aromatic carbocycles. The Morgan fingerprint density at radius 2 is 1.96 bits per heavy atom. The first-order chi connectivity index (χ1) is 11.5. The fourth-order valence-corrected chi connectivity index (χ4v) is 3.01. The Balaban J connectivity index is 1.74. The van der Waals surface area contributed by atoms with Gasteiger partial charge in [-0.25, -0.2) is 14.3 Å². The fourth-order valence-electron chi connectivity index (χ4n) is 3.01. The van der Waals surface area contributed by atoms with Crippen LogP contribution in [0.2, 0.25) is 0 Å². The van der Waals surface area contributed by atoms with E-state index in [1.807, 2.05) is 0 Å². The van der Waals surface area contributed by atoms with E-state index in [4.69, 9.17) is 4.74 Å². The first-order valence-electron chi connectivity index (χ1n) is 7.98. The predicted molar refractivity (Wildman–Crippen MR) is 86.8 cm³/mol. The quantitative estimate of drug-likeness (QED) is 0.656. The number of carbonyl (C=O) groups excluding carboxylic acids is 1. The number of carbonyl (C=O) groups is 1. The van der Waals surface area contributed by atoms with Gasteiger partial charge in [-0.3, -0.25) is 19.1 Å². The first kappa shape index (κ1) is 16.4. The second-order valence-corrected chi connectivity index (χ2v) is 6.03. The zero-order valence-corrected chi connectivity index (χ0v) is 13.9. The molecule has 2 aromatic rings. The summed E-state index contributed by atoms with van der Waals surface area (Å²) in [5, 5.41) is 0.